The van der Waals surface area contributed by atoms with Gasteiger partial charge in [0, 0.05) is 24.6 Å². The lowest BCUT2D eigenvalue weighted by Gasteiger charge is -2.06. The molecule has 0 spiro atoms. The van der Waals surface area contributed by atoms with Crippen molar-refractivity contribution < 1.29 is 23.2 Å². The van der Waals surface area contributed by atoms with Gasteiger partial charge < -0.3 is 5.11 Å². The lowest BCUT2D eigenvalue weighted by atomic mass is 10.2. The molecule has 0 aromatic heterocycles. The minimum atomic E-state index is -3.65. The van der Waals surface area contributed by atoms with E-state index in [1.54, 1.807) is 6.07 Å². The molecule has 20 heavy (non-hydrogen) atoms. The second kappa shape index (κ2) is 6.96. The Morgan fingerprint density at radius 2 is 2.00 bits per heavy atom. The summed E-state index contributed by atoms with van der Waals surface area (Å²) < 4.78 is 25.4. The first-order valence-corrected chi connectivity index (χ1v) is 7.38. The maximum absolute atomic E-state index is 11.6. The Kier molecular flexibility index (Phi) is 5.59. The van der Waals surface area contributed by atoms with Gasteiger partial charge in [-0.2, -0.15) is 0 Å². The highest BCUT2D eigenvalue weighted by molar-refractivity contribution is 7.89. The van der Waals surface area contributed by atoms with E-state index in [1.165, 1.54) is 18.2 Å². The molecule has 0 aliphatic heterocycles. The monoisotopic (exact) mass is 302 g/mol. The number of nitrogens with zero attached hydrogens (tertiary/aromatic N) is 1. The summed E-state index contributed by atoms with van der Waals surface area (Å²) in [5.41, 5.74) is 0.0834. The Balaban J connectivity index is 2.62. The number of nitro groups is 1. The first kappa shape index (κ1) is 16.1. The van der Waals surface area contributed by atoms with Crippen LogP contribution in [0.1, 0.15) is 18.4 Å². The summed E-state index contributed by atoms with van der Waals surface area (Å²) in [7, 11) is -3.65. The zero-order valence-corrected chi connectivity index (χ0v) is 11.3. The number of rotatable bonds is 8. The molecule has 0 aliphatic rings. The Morgan fingerprint density at radius 3 is 2.60 bits per heavy atom. The molecule has 2 N–H and O–H groups in total. The minimum absolute atomic E-state index is 0.0124. The molecule has 0 fully saturated rings. The van der Waals surface area contributed by atoms with E-state index in [9.17, 15) is 23.3 Å². The topological polar surface area (TPSA) is 127 Å². The Hall–Kier alpha value is -2.00. The van der Waals surface area contributed by atoms with Crippen molar-refractivity contribution in [2.24, 2.45) is 0 Å². The van der Waals surface area contributed by atoms with Gasteiger partial charge in [-0.25, -0.2) is 13.1 Å². The third kappa shape index (κ3) is 5.33. The molecule has 0 unspecified atom stereocenters. The van der Waals surface area contributed by atoms with E-state index in [0.29, 0.717) is 0 Å². The third-order valence-electron chi connectivity index (χ3n) is 2.47. The fourth-order valence-corrected chi connectivity index (χ4v) is 2.56. The molecule has 0 saturated carbocycles. The van der Waals surface area contributed by atoms with Gasteiger partial charge in [-0.3, -0.25) is 14.9 Å². The van der Waals surface area contributed by atoms with Gasteiger partial charge in [-0.1, -0.05) is 18.2 Å². The van der Waals surface area contributed by atoms with E-state index in [2.05, 4.69) is 4.72 Å². The van der Waals surface area contributed by atoms with Crippen LogP contribution in [0.3, 0.4) is 0 Å². The molecule has 0 heterocycles. The first-order valence-electron chi connectivity index (χ1n) is 5.73. The highest BCUT2D eigenvalue weighted by Crippen LogP contribution is 2.17. The maximum Gasteiger partial charge on any atom is 0.303 e. The lowest BCUT2D eigenvalue weighted by Crippen LogP contribution is -2.26. The Bertz CT molecular complexity index is 599. The number of carboxylic acid groups (broad SMARTS) is 1. The van der Waals surface area contributed by atoms with Crippen LogP contribution < -0.4 is 4.72 Å². The number of para-hydroxylation sites is 1. The normalized spacial score (nSPS) is 11.2. The van der Waals surface area contributed by atoms with Crippen LogP contribution >= 0.6 is 0 Å². The fourth-order valence-electron chi connectivity index (χ4n) is 1.51. The molecule has 1 aromatic carbocycles. The fraction of sp³-hybridized carbons (Fsp3) is 0.364. The Morgan fingerprint density at radius 1 is 1.35 bits per heavy atom. The summed E-state index contributed by atoms with van der Waals surface area (Å²) in [4.78, 5) is 20.5. The van der Waals surface area contributed by atoms with Gasteiger partial charge in [0.25, 0.3) is 5.69 Å². The van der Waals surface area contributed by atoms with Crippen LogP contribution in [0.4, 0.5) is 5.69 Å². The smallest absolute Gasteiger partial charge is 0.303 e. The summed E-state index contributed by atoms with van der Waals surface area (Å²) in [6, 6.07) is 5.80. The number of benzene rings is 1. The van der Waals surface area contributed by atoms with Crippen LogP contribution in [0, 0.1) is 10.1 Å². The van der Waals surface area contributed by atoms with E-state index < -0.39 is 20.9 Å². The van der Waals surface area contributed by atoms with Crippen molar-refractivity contribution in [1.82, 2.24) is 4.72 Å². The molecule has 110 valence electrons. The second-order valence-electron chi connectivity index (χ2n) is 4.02. The van der Waals surface area contributed by atoms with Crippen LogP contribution in [-0.4, -0.2) is 30.2 Å². The van der Waals surface area contributed by atoms with Gasteiger partial charge in [-0.15, -0.1) is 0 Å². The molecular weight excluding hydrogens is 288 g/mol. The molecule has 8 nitrogen and oxygen atoms in total. The summed E-state index contributed by atoms with van der Waals surface area (Å²) in [5.74, 6) is -1.40. The quantitative estimate of drug-likeness (QED) is 0.542. The number of sulfonamides is 1. The van der Waals surface area contributed by atoms with Crippen molar-refractivity contribution in [2.75, 3.05) is 5.75 Å². The summed E-state index contributed by atoms with van der Waals surface area (Å²) in [6.45, 7) is -0.202. The van der Waals surface area contributed by atoms with Crippen molar-refractivity contribution in [2.45, 2.75) is 19.4 Å². The average molecular weight is 302 g/mol. The van der Waals surface area contributed by atoms with Gasteiger partial charge >= 0.3 is 5.97 Å². The first-order chi connectivity index (χ1) is 9.32. The van der Waals surface area contributed by atoms with E-state index in [0.717, 1.165) is 0 Å². The molecule has 0 aliphatic carbocycles. The van der Waals surface area contributed by atoms with Crippen molar-refractivity contribution in [3.8, 4) is 0 Å². The summed E-state index contributed by atoms with van der Waals surface area (Å²) in [5, 5.41) is 19.2. The predicted octanol–water partition coefficient (Wildman–Crippen LogP) is 0.879. The lowest BCUT2D eigenvalue weighted by molar-refractivity contribution is -0.385. The number of hydrogen-bond donors (Lipinski definition) is 2. The third-order valence-corrected chi connectivity index (χ3v) is 3.88. The number of aliphatic carboxylic acids is 1. The second-order valence-corrected chi connectivity index (χ2v) is 5.95. The summed E-state index contributed by atoms with van der Waals surface area (Å²) in [6.07, 6.45) is -0.256. The minimum Gasteiger partial charge on any atom is -0.481 e. The molecule has 9 heteroatoms. The Labute approximate surface area is 115 Å². The number of nitrogens with one attached hydrogen (secondary N) is 1. The van der Waals surface area contributed by atoms with Crippen molar-refractivity contribution in [3.63, 3.8) is 0 Å². The number of carbonyl (C=O) groups is 1. The standard InChI is InChI=1S/C11H14N2O6S/c14-11(15)6-3-7-20(18,19)12-8-9-4-1-2-5-10(9)13(16)17/h1-2,4-5,12H,3,6-8H2,(H,14,15). The maximum atomic E-state index is 11.6. The van der Waals surface area contributed by atoms with Gasteiger partial charge in [0.2, 0.25) is 10.0 Å². The van der Waals surface area contributed by atoms with E-state index >= 15 is 0 Å². The molecular formula is C11H14N2O6S. The highest BCUT2D eigenvalue weighted by atomic mass is 32.2. The molecule has 0 bridgehead atoms. The van der Waals surface area contributed by atoms with E-state index in [4.69, 9.17) is 5.11 Å². The van der Waals surface area contributed by atoms with Crippen LogP contribution in [0.25, 0.3) is 0 Å². The average Bonchev–Trinajstić information content (AvgIpc) is 2.36. The van der Waals surface area contributed by atoms with Crippen LogP contribution in [0.2, 0.25) is 0 Å². The van der Waals surface area contributed by atoms with E-state index in [-0.39, 0.29) is 36.4 Å². The molecule has 0 atom stereocenters. The van der Waals surface area contributed by atoms with Gasteiger partial charge in [0.1, 0.15) is 0 Å². The number of hydrogen-bond acceptors (Lipinski definition) is 5. The molecule has 1 aromatic rings. The zero-order chi connectivity index (χ0) is 15.2. The van der Waals surface area contributed by atoms with Crippen LogP contribution in [0.15, 0.2) is 24.3 Å². The van der Waals surface area contributed by atoms with Crippen molar-refractivity contribution in [1.29, 1.82) is 0 Å². The molecule has 0 radical (unpaired) electrons. The predicted molar refractivity (Wildman–Crippen MR) is 70.6 cm³/mol. The van der Waals surface area contributed by atoms with Crippen LogP contribution in [-0.2, 0) is 21.4 Å². The van der Waals surface area contributed by atoms with E-state index in [1.807, 2.05) is 0 Å². The van der Waals surface area contributed by atoms with Crippen molar-refractivity contribution in [3.05, 3.63) is 39.9 Å². The summed E-state index contributed by atoms with van der Waals surface area (Å²) >= 11 is 0. The van der Waals surface area contributed by atoms with Gasteiger partial charge in [-0.05, 0) is 6.42 Å². The number of nitro benzene ring substituents is 1. The zero-order valence-electron chi connectivity index (χ0n) is 10.5. The highest BCUT2D eigenvalue weighted by Gasteiger charge is 2.16. The molecule has 0 amide bonds. The van der Waals surface area contributed by atoms with Gasteiger partial charge in [0.15, 0.2) is 0 Å². The number of carboxylic acids is 1. The van der Waals surface area contributed by atoms with Crippen molar-refractivity contribution >= 4 is 21.7 Å². The SMILES string of the molecule is O=C(O)CCCS(=O)(=O)NCc1ccccc1[N+](=O)[O-]. The largest absolute Gasteiger partial charge is 0.481 e. The van der Waals surface area contributed by atoms with Crippen LogP contribution in [0.5, 0.6) is 0 Å². The molecule has 0 saturated heterocycles. The molecule has 1 rings (SSSR count). The van der Waals surface area contributed by atoms with Gasteiger partial charge in [0.05, 0.1) is 10.7 Å².